The summed E-state index contributed by atoms with van der Waals surface area (Å²) in [5, 5.41) is 23.3. The van der Waals surface area contributed by atoms with Gasteiger partial charge in [-0.05, 0) is 48.2 Å². The molecule has 4 aromatic carbocycles. The predicted molar refractivity (Wildman–Crippen MR) is 142 cm³/mol. The first-order valence-corrected chi connectivity index (χ1v) is 12.8. The molecule has 4 aromatic rings. The molecule has 0 spiro atoms. The fourth-order valence-corrected chi connectivity index (χ4v) is 4.84. The zero-order chi connectivity index (χ0) is 26.9. The van der Waals surface area contributed by atoms with Crippen molar-refractivity contribution < 1.29 is 27.6 Å². The van der Waals surface area contributed by atoms with Crippen molar-refractivity contribution in [3.63, 3.8) is 0 Å². The lowest BCUT2D eigenvalue weighted by atomic mass is 10.0. The van der Waals surface area contributed by atoms with Crippen LogP contribution in [0.4, 0.5) is 17.1 Å². The van der Waals surface area contributed by atoms with Crippen molar-refractivity contribution in [2.45, 2.75) is 11.8 Å². The summed E-state index contributed by atoms with van der Waals surface area (Å²) >= 11 is 12.4. The van der Waals surface area contributed by atoms with Gasteiger partial charge in [0.1, 0.15) is 17.1 Å². The number of amides is 1. The van der Waals surface area contributed by atoms with Crippen LogP contribution in [0.5, 0.6) is 11.5 Å². The van der Waals surface area contributed by atoms with Gasteiger partial charge in [-0.2, -0.15) is 8.42 Å². The minimum Gasteiger partial charge on any atom is -0.505 e. The smallest absolute Gasteiger partial charge is 0.294 e. The summed E-state index contributed by atoms with van der Waals surface area (Å²) < 4.78 is 38.0. The maximum absolute atomic E-state index is 13.1. The minimum absolute atomic E-state index is 0.0276. The topological polar surface area (TPSA) is 138 Å². The number of hydrogen-bond donors (Lipinski definition) is 3. The van der Waals surface area contributed by atoms with Gasteiger partial charge in [0, 0.05) is 11.5 Å². The molecule has 0 fully saturated rings. The summed E-state index contributed by atoms with van der Waals surface area (Å²) in [5.74, 6) is -0.620. The lowest BCUT2D eigenvalue weighted by Gasteiger charge is -2.13. The van der Waals surface area contributed by atoms with E-state index in [-0.39, 0.29) is 37.4 Å². The van der Waals surface area contributed by atoms with Gasteiger partial charge in [-0.15, -0.1) is 10.2 Å². The number of halogens is 2. The second-order valence-corrected chi connectivity index (χ2v) is 10.0. The molecule has 3 N–H and O–H groups in total. The number of rotatable bonds is 6. The predicted octanol–water partition coefficient (Wildman–Crippen LogP) is 7.08. The van der Waals surface area contributed by atoms with E-state index in [1.54, 1.807) is 36.4 Å². The zero-order valence-corrected chi connectivity index (χ0v) is 21.7. The van der Waals surface area contributed by atoms with Crippen molar-refractivity contribution in [2.75, 3.05) is 12.4 Å². The van der Waals surface area contributed by atoms with Gasteiger partial charge in [0.05, 0.1) is 33.3 Å². The minimum atomic E-state index is -4.54. The number of hydrogen-bond acceptors (Lipinski definition) is 7. The second-order valence-electron chi connectivity index (χ2n) is 7.84. The Hall–Kier alpha value is -3.70. The molecule has 0 aliphatic carbocycles. The number of carbonyl (C=O) groups excluding carboxylic acids is 1. The van der Waals surface area contributed by atoms with Gasteiger partial charge >= 0.3 is 0 Å². The lowest BCUT2D eigenvalue weighted by molar-refractivity contribution is 0.102. The quantitative estimate of drug-likeness (QED) is 0.170. The third kappa shape index (κ3) is 5.37. The molecule has 0 aromatic heterocycles. The molecule has 1 amide bonds. The van der Waals surface area contributed by atoms with Crippen LogP contribution in [0.1, 0.15) is 15.9 Å². The molecule has 0 saturated heterocycles. The molecule has 37 heavy (non-hydrogen) atoms. The van der Waals surface area contributed by atoms with Crippen LogP contribution in [0.25, 0.3) is 10.8 Å². The molecule has 0 saturated carbocycles. The molecule has 0 heterocycles. The third-order valence-corrected chi connectivity index (χ3v) is 7.14. The Morgan fingerprint density at radius 1 is 0.973 bits per heavy atom. The van der Waals surface area contributed by atoms with Crippen LogP contribution in [0.2, 0.25) is 10.0 Å². The molecule has 9 nitrogen and oxygen atoms in total. The van der Waals surface area contributed by atoms with Crippen LogP contribution in [0, 0.1) is 6.92 Å². The standard InChI is InChI=1S/C25H19Cl2N3O6S/c1-13-21(37(33,34)35)10-8-18(26)22(13)29-30-23-16-6-4-3-5-14(16)11-17(24(23)31)25(32)28-20-9-7-15(36-2)12-19(20)27/h3-12,31H,1-2H3,(H,28,32)(H,33,34,35). The Bertz CT molecular complexity index is 1690. The Labute approximate surface area is 222 Å². The summed E-state index contributed by atoms with van der Waals surface area (Å²) in [6.07, 6.45) is 0. The van der Waals surface area contributed by atoms with E-state index >= 15 is 0 Å². The van der Waals surface area contributed by atoms with E-state index in [0.717, 1.165) is 6.07 Å². The molecule has 0 unspecified atom stereocenters. The molecule has 0 aliphatic rings. The van der Waals surface area contributed by atoms with Gasteiger partial charge in [-0.25, -0.2) is 0 Å². The van der Waals surface area contributed by atoms with E-state index in [2.05, 4.69) is 15.5 Å². The number of nitrogens with zero attached hydrogens (tertiary/aromatic N) is 2. The molecular formula is C25H19Cl2N3O6S. The van der Waals surface area contributed by atoms with Crippen molar-refractivity contribution in [3.8, 4) is 11.5 Å². The normalized spacial score (nSPS) is 11.7. The van der Waals surface area contributed by atoms with Gasteiger partial charge in [-0.3, -0.25) is 9.35 Å². The third-order valence-electron chi connectivity index (χ3n) is 5.52. The largest absolute Gasteiger partial charge is 0.505 e. The van der Waals surface area contributed by atoms with Crippen LogP contribution in [0.3, 0.4) is 0 Å². The number of phenolic OH excluding ortho intramolecular Hbond substituents is 1. The first kappa shape index (κ1) is 26.4. The van der Waals surface area contributed by atoms with E-state index < -0.39 is 21.8 Å². The van der Waals surface area contributed by atoms with Crippen LogP contribution in [-0.4, -0.2) is 31.1 Å². The van der Waals surface area contributed by atoms with Crippen molar-refractivity contribution >= 4 is 67.1 Å². The van der Waals surface area contributed by atoms with Crippen molar-refractivity contribution in [1.29, 1.82) is 0 Å². The summed E-state index contributed by atoms with van der Waals surface area (Å²) in [6.45, 7) is 1.41. The van der Waals surface area contributed by atoms with Crippen LogP contribution >= 0.6 is 23.2 Å². The maximum Gasteiger partial charge on any atom is 0.294 e. The van der Waals surface area contributed by atoms with E-state index in [0.29, 0.717) is 22.2 Å². The molecule has 190 valence electrons. The van der Waals surface area contributed by atoms with Gasteiger partial charge in [0.2, 0.25) is 0 Å². The fourth-order valence-electron chi connectivity index (χ4n) is 3.66. The number of fused-ring (bicyclic) bond motifs is 1. The van der Waals surface area contributed by atoms with Gasteiger partial charge < -0.3 is 15.2 Å². The second kappa shape index (κ2) is 10.3. The number of phenols is 1. The highest BCUT2D eigenvalue weighted by molar-refractivity contribution is 7.85. The molecular weight excluding hydrogens is 541 g/mol. The van der Waals surface area contributed by atoms with E-state index in [1.807, 2.05) is 0 Å². The Kier molecular flexibility index (Phi) is 7.37. The highest BCUT2D eigenvalue weighted by Gasteiger charge is 2.21. The molecule has 4 rings (SSSR count). The van der Waals surface area contributed by atoms with Gasteiger partial charge in [-0.1, -0.05) is 47.5 Å². The lowest BCUT2D eigenvalue weighted by Crippen LogP contribution is -2.12. The van der Waals surface area contributed by atoms with Gasteiger partial charge in [0.25, 0.3) is 16.0 Å². The molecule has 0 bridgehead atoms. The van der Waals surface area contributed by atoms with Crippen LogP contribution in [0.15, 0.2) is 75.8 Å². The summed E-state index contributed by atoms with van der Waals surface area (Å²) in [5.41, 5.74) is 0.184. The molecule has 0 radical (unpaired) electrons. The molecule has 12 heteroatoms. The highest BCUT2D eigenvalue weighted by Crippen LogP contribution is 2.41. The van der Waals surface area contributed by atoms with E-state index in [1.165, 1.54) is 32.2 Å². The summed E-state index contributed by atoms with van der Waals surface area (Å²) in [6, 6.07) is 15.5. The van der Waals surface area contributed by atoms with Crippen molar-refractivity contribution in [1.82, 2.24) is 0 Å². The number of nitrogens with one attached hydrogen (secondary N) is 1. The van der Waals surface area contributed by atoms with E-state index in [4.69, 9.17) is 27.9 Å². The zero-order valence-electron chi connectivity index (χ0n) is 19.4. The maximum atomic E-state index is 13.1. The van der Waals surface area contributed by atoms with Gasteiger partial charge in [0.15, 0.2) is 5.75 Å². The highest BCUT2D eigenvalue weighted by atomic mass is 35.5. The monoisotopic (exact) mass is 559 g/mol. The van der Waals surface area contributed by atoms with Crippen molar-refractivity contribution in [3.05, 3.63) is 81.8 Å². The van der Waals surface area contributed by atoms with Crippen molar-refractivity contribution in [2.24, 2.45) is 10.2 Å². The fraction of sp³-hybridized carbons (Fsp3) is 0.0800. The number of ether oxygens (including phenoxy) is 1. The average molecular weight is 560 g/mol. The number of azo groups is 1. The number of carbonyl (C=O) groups is 1. The average Bonchev–Trinajstić information content (AvgIpc) is 2.85. The Balaban J connectivity index is 1.81. The Morgan fingerprint density at radius 2 is 1.68 bits per heavy atom. The van der Waals surface area contributed by atoms with Crippen LogP contribution < -0.4 is 10.1 Å². The molecule has 0 atom stereocenters. The van der Waals surface area contributed by atoms with Crippen LogP contribution in [-0.2, 0) is 10.1 Å². The number of aromatic hydroxyl groups is 1. The summed E-state index contributed by atoms with van der Waals surface area (Å²) in [7, 11) is -3.05. The molecule has 0 aliphatic heterocycles. The SMILES string of the molecule is COc1ccc(NC(=O)c2cc3ccccc3c(N=Nc3c(Cl)ccc(S(=O)(=O)O)c3C)c2O)c(Cl)c1. The van der Waals surface area contributed by atoms with E-state index in [9.17, 15) is 22.9 Å². The first-order chi connectivity index (χ1) is 17.5. The Morgan fingerprint density at radius 3 is 2.35 bits per heavy atom. The summed E-state index contributed by atoms with van der Waals surface area (Å²) in [4.78, 5) is 12.7. The first-order valence-electron chi connectivity index (χ1n) is 10.6. The number of methoxy groups -OCH3 is 1. The number of benzene rings is 4. The number of anilines is 1.